The molecule has 0 aliphatic carbocycles. The molecule has 146 valence electrons. The van der Waals surface area contributed by atoms with Gasteiger partial charge in [0.05, 0.1) is 13.7 Å². The van der Waals surface area contributed by atoms with Crippen LogP contribution >= 0.6 is 0 Å². The number of amides is 1. The Bertz CT molecular complexity index is 574. The van der Waals surface area contributed by atoms with Gasteiger partial charge in [-0.1, -0.05) is 0 Å². The van der Waals surface area contributed by atoms with E-state index in [4.69, 9.17) is 14.2 Å². The van der Waals surface area contributed by atoms with Crippen LogP contribution in [-0.4, -0.2) is 53.4 Å². The molecule has 0 bridgehead atoms. The molecule has 0 saturated carbocycles. The SMILES string of the molecule is COc1nccnc1COCCCC1CCCN(C(=O)OC(C)(C)C)C1. The summed E-state index contributed by atoms with van der Waals surface area (Å²) in [4.78, 5) is 22.4. The second kappa shape index (κ2) is 9.71. The summed E-state index contributed by atoms with van der Waals surface area (Å²) < 4.78 is 16.3. The second-order valence-corrected chi connectivity index (χ2v) is 7.64. The maximum absolute atomic E-state index is 12.2. The van der Waals surface area contributed by atoms with Crippen molar-refractivity contribution in [1.29, 1.82) is 0 Å². The van der Waals surface area contributed by atoms with Gasteiger partial charge in [0.15, 0.2) is 0 Å². The molecule has 1 saturated heterocycles. The average molecular weight is 365 g/mol. The van der Waals surface area contributed by atoms with Gasteiger partial charge in [-0.15, -0.1) is 0 Å². The van der Waals surface area contributed by atoms with Crippen LogP contribution in [0.2, 0.25) is 0 Å². The number of ether oxygens (including phenoxy) is 3. The third-order valence-electron chi connectivity index (χ3n) is 4.24. The number of likely N-dealkylation sites (tertiary alicyclic amines) is 1. The van der Waals surface area contributed by atoms with Crippen molar-refractivity contribution in [3.8, 4) is 5.88 Å². The van der Waals surface area contributed by atoms with Crippen molar-refractivity contribution in [1.82, 2.24) is 14.9 Å². The number of carbonyl (C=O) groups is 1. The molecule has 1 fully saturated rings. The lowest BCUT2D eigenvalue weighted by Crippen LogP contribution is -2.42. The molecule has 0 spiro atoms. The van der Waals surface area contributed by atoms with Crippen LogP contribution in [0.5, 0.6) is 5.88 Å². The molecule has 0 aromatic carbocycles. The molecule has 0 N–H and O–H groups in total. The third kappa shape index (κ3) is 6.78. The fourth-order valence-electron chi connectivity index (χ4n) is 3.06. The van der Waals surface area contributed by atoms with E-state index in [1.165, 1.54) is 0 Å². The van der Waals surface area contributed by atoms with Gasteiger partial charge in [0.1, 0.15) is 11.3 Å². The number of hydrogen-bond acceptors (Lipinski definition) is 6. The molecule has 2 heterocycles. The molecule has 1 aromatic rings. The summed E-state index contributed by atoms with van der Waals surface area (Å²) in [5, 5.41) is 0. The van der Waals surface area contributed by atoms with Gasteiger partial charge < -0.3 is 19.1 Å². The Morgan fingerprint density at radius 2 is 2.08 bits per heavy atom. The largest absolute Gasteiger partial charge is 0.480 e. The standard InChI is InChI=1S/C19H31N3O4/c1-19(2,3)26-18(23)22-11-5-7-15(13-22)8-6-12-25-14-16-17(24-4)21-10-9-20-16/h9-10,15H,5-8,11-14H2,1-4H3. The molecule has 1 atom stereocenters. The minimum absolute atomic E-state index is 0.201. The van der Waals surface area contributed by atoms with Crippen molar-refractivity contribution in [3.63, 3.8) is 0 Å². The van der Waals surface area contributed by atoms with Crippen molar-refractivity contribution in [2.45, 2.75) is 58.7 Å². The normalized spacial score (nSPS) is 17.8. The van der Waals surface area contributed by atoms with E-state index in [2.05, 4.69) is 9.97 Å². The van der Waals surface area contributed by atoms with E-state index in [9.17, 15) is 4.79 Å². The van der Waals surface area contributed by atoms with Crippen molar-refractivity contribution < 1.29 is 19.0 Å². The molecule has 1 unspecified atom stereocenters. The van der Waals surface area contributed by atoms with Gasteiger partial charge in [-0.05, 0) is 52.4 Å². The summed E-state index contributed by atoms with van der Waals surface area (Å²) in [5.74, 6) is 1.01. The molecule has 26 heavy (non-hydrogen) atoms. The summed E-state index contributed by atoms with van der Waals surface area (Å²) in [7, 11) is 1.58. The van der Waals surface area contributed by atoms with E-state index < -0.39 is 5.60 Å². The maximum atomic E-state index is 12.2. The molecule has 1 amide bonds. The van der Waals surface area contributed by atoms with Crippen LogP contribution in [0.4, 0.5) is 4.79 Å². The van der Waals surface area contributed by atoms with Crippen LogP contribution in [-0.2, 0) is 16.1 Å². The van der Waals surface area contributed by atoms with Gasteiger partial charge in [0.2, 0.25) is 5.88 Å². The first-order valence-corrected chi connectivity index (χ1v) is 9.28. The van der Waals surface area contributed by atoms with Gasteiger partial charge in [0.25, 0.3) is 0 Å². The van der Waals surface area contributed by atoms with Gasteiger partial charge in [0, 0.05) is 32.1 Å². The summed E-state index contributed by atoms with van der Waals surface area (Å²) in [6.07, 6.45) is 7.20. The molecule has 7 heteroatoms. The van der Waals surface area contributed by atoms with Crippen LogP contribution < -0.4 is 4.74 Å². The first-order chi connectivity index (χ1) is 12.4. The molecule has 1 aliphatic rings. The first kappa shape index (κ1) is 20.4. The number of aromatic nitrogens is 2. The van der Waals surface area contributed by atoms with Gasteiger partial charge in [-0.25, -0.2) is 9.78 Å². The zero-order valence-electron chi connectivity index (χ0n) is 16.4. The highest BCUT2D eigenvalue weighted by molar-refractivity contribution is 5.68. The Kier molecular flexibility index (Phi) is 7.63. The van der Waals surface area contributed by atoms with Crippen LogP contribution in [0.15, 0.2) is 12.4 Å². The lowest BCUT2D eigenvalue weighted by atomic mass is 9.94. The summed E-state index contributed by atoms with van der Waals surface area (Å²) in [5.41, 5.74) is 0.267. The minimum Gasteiger partial charge on any atom is -0.480 e. The Hall–Kier alpha value is -1.89. The lowest BCUT2D eigenvalue weighted by Gasteiger charge is -2.34. The molecule has 2 rings (SSSR count). The highest BCUT2D eigenvalue weighted by Crippen LogP contribution is 2.23. The van der Waals surface area contributed by atoms with Crippen LogP contribution in [0.25, 0.3) is 0 Å². The molecule has 7 nitrogen and oxygen atoms in total. The summed E-state index contributed by atoms with van der Waals surface area (Å²) in [6.45, 7) is 8.30. The second-order valence-electron chi connectivity index (χ2n) is 7.64. The Balaban J connectivity index is 1.67. The van der Waals surface area contributed by atoms with Crippen LogP contribution in [0, 0.1) is 5.92 Å². The van der Waals surface area contributed by atoms with Crippen LogP contribution in [0.3, 0.4) is 0 Å². The highest BCUT2D eigenvalue weighted by atomic mass is 16.6. The van der Waals surface area contributed by atoms with Crippen molar-refractivity contribution >= 4 is 6.09 Å². The molecular formula is C19H31N3O4. The van der Waals surface area contributed by atoms with E-state index in [0.29, 0.717) is 30.7 Å². The smallest absolute Gasteiger partial charge is 0.410 e. The third-order valence-corrected chi connectivity index (χ3v) is 4.24. The molecule has 1 aromatic heterocycles. The Labute approximate surface area is 156 Å². The molecule has 1 aliphatic heterocycles. The monoisotopic (exact) mass is 365 g/mol. The zero-order valence-corrected chi connectivity index (χ0v) is 16.4. The summed E-state index contributed by atoms with van der Waals surface area (Å²) >= 11 is 0. The fourth-order valence-corrected chi connectivity index (χ4v) is 3.06. The molecule has 0 radical (unpaired) electrons. The topological polar surface area (TPSA) is 73.8 Å². The Morgan fingerprint density at radius 1 is 1.31 bits per heavy atom. The first-order valence-electron chi connectivity index (χ1n) is 9.28. The van der Waals surface area contributed by atoms with Gasteiger partial charge >= 0.3 is 6.09 Å². The van der Waals surface area contributed by atoms with E-state index in [1.54, 1.807) is 19.5 Å². The number of nitrogens with zero attached hydrogens (tertiary/aromatic N) is 3. The van der Waals surface area contributed by atoms with Gasteiger partial charge in [-0.2, -0.15) is 0 Å². The number of piperidine rings is 1. The van der Waals surface area contributed by atoms with Crippen LogP contribution in [0.1, 0.15) is 52.1 Å². The number of hydrogen-bond donors (Lipinski definition) is 0. The van der Waals surface area contributed by atoms with Gasteiger partial charge in [-0.3, -0.25) is 4.98 Å². The van der Waals surface area contributed by atoms with E-state index in [-0.39, 0.29) is 6.09 Å². The lowest BCUT2D eigenvalue weighted by molar-refractivity contribution is 0.0154. The fraction of sp³-hybridized carbons (Fsp3) is 0.737. The number of methoxy groups -OCH3 is 1. The number of rotatable bonds is 7. The van der Waals surface area contributed by atoms with Crippen molar-refractivity contribution in [2.75, 3.05) is 26.8 Å². The van der Waals surface area contributed by atoms with Crippen molar-refractivity contribution in [3.05, 3.63) is 18.1 Å². The van der Waals surface area contributed by atoms with E-state index in [1.807, 2.05) is 25.7 Å². The number of carbonyl (C=O) groups excluding carboxylic acids is 1. The zero-order chi connectivity index (χ0) is 19.0. The predicted molar refractivity (Wildman–Crippen MR) is 98.0 cm³/mol. The van der Waals surface area contributed by atoms with E-state index >= 15 is 0 Å². The Morgan fingerprint density at radius 3 is 2.81 bits per heavy atom. The quantitative estimate of drug-likeness (QED) is 0.689. The predicted octanol–water partition coefficient (Wildman–Crippen LogP) is 3.43. The average Bonchev–Trinajstić information content (AvgIpc) is 2.60. The van der Waals surface area contributed by atoms with Crippen molar-refractivity contribution in [2.24, 2.45) is 5.92 Å². The van der Waals surface area contributed by atoms with E-state index in [0.717, 1.165) is 38.8 Å². The highest BCUT2D eigenvalue weighted by Gasteiger charge is 2.27. The minimum atomic E-state index is -0.445. The molecular weight excluding hydrogens is 334 g/mol. The summed E-state index contributed by atoms with van der Waals surface area (Å²) in [6, 6.07) is 0. The maximum Gasteiger partial charge on any atom is 0.410 e.